The second-order valence-electron chi connectivity index (χ2n) is 6.64. The predicted octanol–water partition coefficient (Wildman–Crippen LogP) is 4.49. The molecule has 3 aromatic heterocycles. The van der Waals surface area contributed by atoms with E-state index in [1.54, 1.807) is 19.9 Å². The van der Waals surface area contributed by atoms with Crippen molar-refractivity contribution in [2.75, 3.05) is 6.61 Å². The Bertz CT molecular complexity index is 1340. The van der Waals surface area contributed by atoms with E-state index in [4.69, 9.17) is 4.74 Å². The van der Waals surface area contributed by atoms with E-state index in [-0.39, 0.29) is 18.0 Å². The zero-order chi connectivity index (χ0) is 20.7. The van der Waals surface area contributed by atoms with E-state index in [1.165, 1.54) is 18.3 Å². The lowest BCUT2D eigenvalue weighted by Gasteiger charge is -2.09. The summed E-state index contributed by atoms with van der Waals surface area (Å²) in [6.07, 6.45) is 0. The summed E-state index contributed by atoms with van der Waals surface area (Å²) >= 11 is 1.35. The van der Waals surface area contributed by atoms with Crippen LogP contribution in [0.1, 0.15) is 40.3 Å². The minimum absolute atomic E-state index is 0.102. The fourth-order valence-electron chi connectivity index (χ4n) is 3.51. The van der Waals surface area contributed by atoms with Gasteiger partial charge in [0, 0.05) is 11.3 Å². The quantitative estimate of drug-likeness (QED) is 0.398. The number of H-pyrrole nitrogens is 1. The van der Waals surface area contributed by atoms with Gasteiger partial charge in [0.1, 0.15) is 4.83 Å². The minimum atomic E-state index is -0.487. The molecule has 0 aliphatic carbocycles. The molecule has 0 spiro atoms. The van der Waals surface area contributed by atoms with Crippen LogP contribution in [0.3, 0.4) is 0 Å². The molecule has 0 bridgehead atoms. The number of benzene rings is 1. The van der Waals surface area contributed by atoms with Crippen LogP contribution in [-0.4, -0.2) is 28.3 Å². The largest absolute Gasteiger partial charge is 0.462 e. The highest BCUT2D eigenvalue weighted by molar-refractivity contribution is 7.26. The molecular formula is C22H18N2O4S. The lowest BCUT2D eigenvalue weighted by molar-refractivity contribution is 0.0528. The van der Waals surface area contributed by atoms with Crippen molar-refractivity contribution in [3.05, 3.63) is 63.6 Å². The summed E-state index contributed by atoms with van der Waals surface area (Å²) in [5.74, 6) is -0.792. The van der Waals surface area contributed by atoms with Crippen LogP contribution in [0.4, 0.5) is 0 Å². The molecule has 1 N–H and O–H groups in total. The van der Waals surface area contributed by atoms with Gasteiger partial charge in [-0.1, -0.05) is 30.3 Å². The van der Waals surface area contributed by atoms with Crippen molar-refractivity contribution in [1.29, 1.82) is 0 Å². The summed E-state index contributed by atoms with van der Waals surface area (Å²) in [5, 5.41) is 0.540. The van der Waals surface area contributed by atoms with Crippen LogP contribution in [0.5, 0.6) is 0 Å². The molecule has 6 nitrogen and oxygen atoms in total. The Labute approximate surface area is 170 Å². The molecule has 0 fully saturated rings. The number of aryl methyl sites for hydroxylation is 1. The second kappa shape index (κ2) is 7.25. The van der Waals surface area contributed by atoms with Gasteiger partial charge < -0.3 is 9.72 Å². The highest BCUT2D eigenvalue weighted by Crippen LogP contribution is 2.40. The van der Waals surface area contributed by atoms with Crippen molar-refractivity contribution < 1.29 is 14.3 Å². The average Bonchev–Trinajstić information content (AvgIpc) is 3.04. The number of aromatic nitrogens is 2. The molecule has 0 amide bonds. The van der Waals surface area contributed by atoms with Gasteiger partial charge in [-0.05, 0) is 32.4 Å². The summed E-state index contributed by atoms with van der Waals surface area (Å²) in [6, 6.07) is 11.0. The van der Waals surface area contributed by atoms with E-state index >= 15 is 0 Å². The number of nitrogens with one attached hydrogen (secondary N) is 1. The number of Topliss-reactive ketones (excluding diaryl/α,β-unsaturated/α-hetero) is 1. The Kier molecular flexibility index (Phi) is 4.76. The van der Waals surface area contributed by atoms with Crippen molar-refractivity contribution in [2.24, 2.45) is 0 Å². The number of carbonyl (C=O) groups is 2. The molecule has 0 aliphatic heterocycles. The van der Waals surface area contributed by atoms with Gasteiger partial charge in [0.2, 0.25) is 0 Å². The minimum Gasteiger partial charge on any atom is -0.462 e. The van der Waals surface area contributed by atoms with Crippen molar-refractivity contribution in [2.45, 2.75) is 20.8 Å². The maximum absolute atomic E-state index is 12.9. The molecule has 4 rings (SSSR count). The van der Waals surface area contributed by atoms with Crippen LogP contribution in [0.2, 0.25) is 0 Å². The van der Waals surface area contributed by atoms with Crippen molar-refractivity contribution in [3.63, 3.8) is 0 Å². The molecule has 0 atom stereocenters. The van der Waals surface area contributed by atoms with E-state index in [0.717, 1.165) is 5.56 Å². The molecule has 7 heteroatoms. The molecule has 0 saturated heterocycles. The molecule has 4 aromatic rings. The topological polar surface area (TPSA) is 89.1 Å². The Morgan fingerprint density at radius 2 is 1.93 bits per heavy atom. The van der Waals surface area contributed by atoms with Gasteiger partial charge in [0.05, 0.1) is 33.3 Å². The summed E-state index contributed by atoms with van der Waals surface area (Å²) in [5.41, 5.74) is 2.45. The number of aromatic amines is 1. The number of carbonyl (C=O) groups excluding carboxylic acids is 2. The summed E-state index contributed by atoms with van der Waals surface area (Å²) < 4.78 is 5.92. The van der Waals surface area contributed by atoms with Gasteiger partial charge in [-0.15, -0.1) is 11.3 Å². The van der Waals surface area contributed by atoms with Gasteiger partial charge in [-0.2, -0.15) is 0 Å². The van der Waals surface area contributed by atoms with Crippen molar-refractivity contribution >= 4 is 43.5 Å². The van der Waals surface area contributed by atoms with E-state index in [0.29, 0.717) is 37.3 Å². The Morgan fingerprint density at radius 1 is 1.21 bits per heavy atom. The first-order valence-corrected chi connectivity index (χ1v) is 9.97. The summed E-state index contributed by atoms with van der Waals surface area (Å²) in [4.78, 5) is 45.8. The normalized spacial score (nSPS) is 11.1. The van der Waals surface area contributed by atoms with Crippen molar-refractivity contribution in [1.82, 2.24) is 9.97 Å². The monoisotopic (exact) mass is 406 g/mol. The number of ether oxygens (including phenoxy) is 1. The Balaban J connectivity index is 2.21. The number of hydrogen-bond donors (Lipinski definition) is 1. The maximum Gasteiger partial charge on any atom is 0.338 e. The number of rotatable bonds is 4. The molecule has 0 radical (unpaired) electrons. The number of fused-ring (bicyclic) bond motifs is 3. The van der Waals surface area contributed by atoms with Gasteiger partial charge in [-0.25, -0.2) is 9.78 Å². The molecule has 146 valence electrons. The highest BCUT2D eigenvalue weighted by Gasteiger charge is 2.24. The molecule has 0 unspecified atom stereocenters. The number of ketones is 1. The third-order valence-electron chi connectivity index (χ3n) is 4.64. The summed E-state index contributed by atoms with van der Waals surface area (Å²) in [7, 11) is 0. The molecule has 3 heterocycles. The van der Waals surface area contributed by atoms with Crippen molar-refractivity contribution in [3.8, 4) is 11.1 Å². The third-order valence-corrected chi connectivity index (χ3v) is 5.74. The van der Waals surface area contributed by atoms with Crippen LogP contribution in [-0.2, 0) is 4.74 Å². The molecule has 0 aliphatic rings. The van der Waals surface area contributed by atoms with Crippen LogP contribution < -0.4 is 5.56 Å². The number of nitrogens with zero attached hydrogens (tertiary/aromatic N) is 1. The molecule has 29 heavy (non-hydrogen) atoms. The SMILES string of the molecule is CCOC(=O)c1cc(C)nc2sc3c(-c4ccccc4)c(C(C)=O)c(=O)[nH]c3c12. The van der Waals surface area contributed by atoms with Gasteiger partial charge in [0.15, 0.2) is 5.78 Å². The standard InChI is InChI=1S/C22H18N2O4S/c1-4-28-22(27)14-10-11(2)23-21-17(14)18-19(29-21)16(13-8-6-5-7-9-13)15(12(3)25)20(26)24-18/h5-10H,4H2,1-3H3,(H,24,26). The number of hydrogen-bond acceptors (Lipinski definition) is 6. The first-order valence-electron chi connectivity index (χ1n) is 9.16. The van der Waals surface area contributed by atoms with Gasteiger partial charge in [-0.3, -0.25) is 9.59 Å². The molecular weight excluding hydrogens is 388 g/mol. The molecule has 0 saturated carbocycles. The second-order valence-corrected chi connectivity index (χ2v) is 7.64. The van der Waals surface area contributed by atoms with Crippen LogP contribution in [0.15, 0.2) is 41.2 Å². The zero-order valence-electron chi connectivity index (χ0n) is 16.2. The van der Waals surface area contributed by atoms with Crippen LogP contribution in [0, 0.1) is 6.92 Å². The fraction of sp³-hybridized carbons (Fsp3) is 0.182. The zero-order valence-corrected chi connectivity index (χ0v) is 17.0. The van der Waals surface area contributed by atoms with E-state index in [9.17, 15) is 14.4 Å². The summed E-state index contributed by atoms with van der Waals surface area (Å²) in [6.45, 7) is 5.16. The third kappa shape index (κ3) is 3.13. The first-order chi connectivity index (χ1) is 13.9. The number of esters is 1. The molecule has 1 aromatic carbocycles. The first kappa shape index (κ1) is 19.0. The lowest BCUT2D eigenvalue weighted by Crippen LogP contribution is -2.17. The maximum atomic E-state index is 12.9. The van der Waals surface area contributed by atoms with E-state index in [2.05, 4.69) is 9.97 Å². The number of thiophene rings is 1. The number of pyridine rings is 2. The van der Waals surface area contributed by atoms with E-state index in [1.807, 2.05) is 30.3 Å². The van der Waals surface area contributed by atoms with Crippen LogP contribution >= 0.6 is 11.3 Å². The van der Waals surface area contributed by atoms with E-state index < -0.39 is 11.5 Å². The predicted molar refractivity (Wildman–Crippen MR) is 114 cm³/mol. The van der Waals surface area contributed by atoms with Gasteiger partial charge in [0.25, 0.3) is 5.56 Å². The Morgan fingerprint density at radius 3 is 2.59 bits per heavy atom. The Hall–Kier alpha value is -3.32. The van der Waals surface area contributed by atoms with Crippen LogP contribution in [0.25, 0.3) is 31.6 Å². The van der Waals surface area contributed by atoms with Gasteiger partial charge >= 0.3 is 5.97 Å². The fourth-order valence-corrected chi connectivity index (χ4v) is 4.78. The average molecular weight is 406 g/mol. The lowest BCUT2D eigenvalue weighted by atomic mass is 9.98. The smallest absolute Gasteiger partial charge is 0.338 e. The highest BCUT2D eigenvalue weighted by atomic mass is 32.1.